The van der Waals surface area contributed by atoms with E-state index < -0.39 is 23.4 Å². The number of rotatable bonds is 4. The van der Waals surface area contributed by atoms with Crippen LogP contribution in [-0.4, -0.2) is 45.2 Å². The summed E-state index contributed by atoms with van der Waals surface area (Å²) < 4.78 is 24.1. The van der Waals surface area contributed by atoms with Gasteiger partial charge in [-0.15, -0.1) is 11.3 Å². The van der Waals surface area contributed by atoms with Gasteiger partial charge in [0.25, 0.3) is 0 Å². The fourth-order valence-electron chi connectivity index (χ4n) is 1.54. The summed E-state index contributed by atoms with van der Waals surface area (Å²) in [6.45, 7) is 9.08. The number of hydrogen-bond donors (Lipinski definition) is 0. The molecule has 0 aromatic carbocycles. The molecule has 130 valence electrons. The lowest BCUT2D eigenvalue weighted by atomic mass is 10.2. The average molecular weight is 362 g/mol. The van der Waals surface area contributed by atoms with Crippen LogP contribution in [0.5, 0.6) is 5.06 Å². The van der Waals surface area contributed by atoms with Gasteiger partial charge in [-0.05, 0) is 40.2 Å². The van der Waals surface area contributed by atoms with Crippen LogP contribution in [-0.2, 0) is 15.9 Å². The summed E-state index contributed by atoms with van der Waals surface area (Å²) in [7, 11) is 2.58. The molecular formula is C14H22N2O5S2. The second-order valence-corrected chi connectivity index (χ2v) is 7.97. The molecule has 0 spiro atoms. The highest BCUT2D eigenvalue weighted by Crippen LogP contribution is 2.34. The standard InChI is InChI=1S/C14H22N2O5S2/c1-8(2)20-13(17)15(6)23(19)16(7)14(18)21-12-10(4)9(3)11(5)22-12/h8H,1-7H3. The van der Waals surface area contributed by atoms with Crippen LogP contribution >= 0.6 is 11.3 Å². The summed E-state index contributed by atoms with van der Waals surface area (Å²) in [5.41, 5.74) is 1.92. The number of nitrogens with zero attached hydrogens (tertiary/aromatic N) is 2. The topological polar surface area (TPSA) is 76.2 Å². The predicted molar refractivity (Wildman–Crippen MR) is 89.8 cm³/mol. The number of hydrogen-bond acceptors (Lipinski definition) is 6. The zero-order valence-electron chi connectivity index (χ0n) is 14.3. The third kappa shape index (κ3) is 4.68. The molecule has 1 heterocycles. The monoisotopic (exact) mass is 362 g/mol. The molecule has 0 saturated heterocycles. The Bertz CT molecular complexity index is 627. The lowest BCUT2D eigenvalue weighted by Gasteiger charge is -2.22. The minimum Gasteiger partial charge on any atom is -0.446 e. The second kappa shape index (κ2) is 7.78. The van der Waals surface area contributed by atoms with Crippen LogP contribution in [0, 0.1) is 20.8 Å². The van der Waals surface area contributed by atoms with Crippen molar-refractivity contribution >= 4 is 34.7 Å². The summed E-state index contributed by atoms with van der Waals surface area (Å²) >= 11 is -0.695. The predicted octanol–water partition coefficient (Wildman–Crippen LogP) is 3.16. The zero-order valence-corrected chi connectivity index (χ0v) is 16.0. The van der Waals surface area contributed by atoms with Gasteiger partial charge in [0.05, 0.1) is 6.10 Å². The molecule has 1 atom stereocenters. The van der Waals surface area contributed by atoms with E-state index in [4.69, 9.17) is 9.47 Å². The number of ether oxygens (including phenoxy) is 2. The summed E-state index contributed by atoms with van der Waals surface area (Å²) in [6, 6.07) is 0. The number of thiophene rings is 1. The van der Waals surface area contributed by atoms with E-state index in [1.165, 1.54) is 25.4 Å². The molecule has 1 aromatic heterocycles. The molecule has 9 heteroatoms. The van der Waals surface area contributed by atoms with Crippen LogP contribution in [0.1, 0.15) is 29.9 Å². The Balaban J connectivity index is 2.77. The van der Waals surface area contributed by atoms with E-state index in [2.05, 4.69) is 0 Å². The fraction of sp³-hybridized carbons (Fsp3) is 0.571. The Kier molecular flexibility index (Phi) is 6.57. The quantitative estimate of drug-likeness (QED) is 0.822. The van der Waals surface area contributed by atoms with E-state index in [1.807, 2.05) is 20.8 Å². The van der Waals surface area contributed by atoms with Crippen molar-refractivity contribution in [3.63, 3.8) is 0 Å². The molecule has 7 nitrogen and oxygen atoms in total. The van der Waals surface area contributed by atoms with Crippen LogP contribution in [0.15, 0.2) is 0 Å². The number of aryl methyl sites for hydroxylation is 1. The Hall–Kier alpha value is -1.61. The van der Waals surface area contributed by atoms with Crippen molar-refractivity contribution in [1.29, 1.82) is 0 Å². The first-order valence-corrected chi connectivity index (χ1v) is 8.82. The van der Waals surface area contributed by atoms with E-state index in [0.717, 1.165) is 24.6 Å². The highest BCUT2D eigenvalue weighted by Gasteiger charge is 2.27. The van der Waals surface area contributed by atoms with Crippen molar-refractivity contribution in [2.45, 2.75) is 40.7 Å². The molecule has 0 aliphatic carbocycles. The first-order valence-electron chi connectivity index (χ1n) is 6.94. The maximum absolute atomic E-state index is 12.2. The smallest absolute Gasteiger partial charge is 0.429 e. The summed E-state index contributed by atoms with van der Waals surface area (Å²) in [6.07, 6.45) is -1.94. The second-order valence-electron chi connectivity index (χ2n) is 5.22. The highest BCUT2D eigenvalue weighted by atomic mass is 32.2. The molecule has 0 N–H and O–H groups in total. The molecule has 0 radical (unpaired) electrons. The van der Waals surface area contributed by atoms with Crippen molar-refractivity contribution in [2.24, 2.45) is 0 Å². The van der Waals surface area contributed by atoms with Gasteiger partial charge in [-0.2, -0.15) is 0 Å². The van der Waals surface area contributed by atoms with Gasteiger partial charge < -0.3 is 9.47 Å². The van der Waals surface area contributed by atoms with Gasteiger partial charge in [-0.25, -0.2) is 22.4 Å². The van der Waals surface area contributed by atoms with E-state index in [9.17, 15) is 13.8 Å². The Morgan fingerprint density at radius 2 is 1.57 bits per heavy atom. The molecule has 0 bridgehead atoms. The Morgan fingerprint density at radius 1 is 1.04 bits per heavy atom. The maximum Gasteiger partial charge on any atom is 0.429 e. The maximum atomic E-state index is 12.2. The first kappa shape index (κ1) is 19.4. The summed E-state index contributed by atoms with van der Waals surface area (Å²) in [4.78, 5) is 24.9. The lowest BCUT2D eigenvalue weighted by Crippen LogP contribution is -2.42. The Labute approximate surface area is 142 Å². The molecule has 0 aliphatic rings. The number of carbonyl (C=O) groups excluding carboxylic acids is 2. The van der Waals surface area contributed by atoms with Crippen molar-refractivity contribution in [1.82, 2.24) is 8.61 Å². The van der Waals surface area contributed by atoms with Gasteiger partial charge in [-0.3, -0.25) is 0 Å². The highest BCUT2D eigenvalue weighted by molar-refractivity contribution is 7.81. The van der Waals surface area contributed by atoms with Gasteiger partial charge in [-0.1, -0.05) is 0 Å². The third-order valence-electron chi connectivity index (χ3n) is 3.14. The van der Waals surface area contributed by atoms with Crippen molar-refractivity contribution < 1.29 is 23.3 Å². The summed E-state index contributed by atoms with van der Waals surface area (Å²) in [5.74, 6) is 0. The van der Waals surface area contributed by atoms with Crippen LogP contribution in [0.3, 0.4) is 0 Å². The molecule has 0 aliphatic heterocycles. The van der Waals surface area contributed by atoms with Crippen molar-refractivity contribution in [2.75, 3.05) is 14.1 Å². The lowest BCUT2D eigenvalue weighted by molar-refractivity contribution is 0.101. The van der Waals surface area contributed by atoms with Crippen LogP contribution in [0.2, 0.25) is 0 Å². The number of amides is 2. The van der Waals surface area contributed by atoms with Crippen molar-refractivity contribution in [3.05, 3.63) is 16.0 Å². The van der Waals surface area contributed by atoms with Crippen molar-refractivity contribution in [3.8, 4) is 5.06 Å². The molecule has 1 aromatic rings. The van der Waals surface area contributed by atoms with E-state index in [0.29, 0.717) is 5.06 Å². The van der Waals surface area contributed by atoms with Gasteiger partial charge in [0.15, 0.2) is 5.06 Å². The molecule has 2 amide bonds. The summed E-state index contributed by atoms with van der Waals surface area (Å²) in [5, 5.41) is 0.460. The normalized spacial score (nSPS) is 12.0. The van der Waals surface area contributed by atoms with Gasteiger partial charge in [0.2, 0.25) is 11.2 Å². The Morgan fingerprint density at radius 3 is 2.00 bits per heavy atom. The first-order chi connectivity index (χ1) is 10.6. The minimum atomic E-state index is -2.04. The molecule has 1 unspecified atom stereocenters. The van der Waals surface area contributed by atoms with Crippen LogP contribution in [0.25, 0.3) is 0 Å². The van der Waals surface area contributed by atoms with Crippen LogP contribution < -0.4 is 4.74 Å². The van der Waals surface area contributed by atoms with E-state index in [-0.39, 0.29) is 6.10 Å². The zero-order chi connectivity index (χ0) is 17.9. The van der Waals surface area contributed by atoms with E-state index in [1.54, 1.807) is 13.8 Å². The molecule has 0 saturated carbocycles. The largest absolute Gasteiger partial charge is 0.446 e. The molecule has 23 heavy (non-hydrogen) atoms. The van der Waals surface area contributed by atoms with E-state index >= 15 is 0 Å². The van der Waals surface area contributed by atoms with Gasteiger partial charge in [0.1, 0.15) is 0 Å². The molecular weight excluding hydrogens is 340 g/mol. The SMILES string of the molecule is Cc1sc(OC(=O)N(C)S(=O)N(C)C(=O)OC(C)C)c(C)c1C. The molecule has 0 fully saturated rings. The minimum absolute atomic E-state index is 0.348. The van der Waals surface area contributed by atoms with Gasteiger partial charge in [0, 0.05) is 24.5 Å². The van der Waals surface area contributed by atoms with Crippen LogP contribution in [0.4, 0.5) is 9.59 Å². The number of carbonyl (C=O) groups is 2. The molecule has 1 rings (SSSR count). The fourth-order valence-corrected chi connectivity index (χ4v) is 3.24. The third-order valence-corrected chi connectivity index (χ3v) is 5.56. The average Bonchev–Trinajstić information content (AvgIpc) is 2.71. The van der Waals surface area contributed by atoms with Gasteiger partial charge >= 0.3 is 12.2 Å².